The molecule has 2 nitrogen and oxygen atoms in total. The monoisotopic (exact) mass is 162 g/mol. The topological polar surface area (TPSA) is 18.5 Å². The molecule has 1 unspecified atom stereocenters. The minimum absolute atomic E-state index is 0.211. The summed E-state index contributed by atoms with van der Waals surface area (Å²) in [6.07, 6.45) is 0. The molecule has 3 heteroatoms. The zero-order valence-corrected chi connectivity index (χ0v) is 8.64. The first kappa shape index (κ1) is 10.1. The van der Waals surface area contributed by atoms with Gasteiger partial charge >= 0.3 is 0 Å². The summed E-state index contributed by atoms with van der Waals surface area (Å²) >= 11 is 0. The smallest absolute Gasteiger partial charge is 0.146 e. The van der Waals surface area contributed by atoms with Gasteiger partial charge in [-0.05, 0) is 5.92 Å². The molecule has 0 radical (unpaired) electrons. The van der Waals surface area contributed by atoms with E-state index in [4.69, 9.17) is 9.47 Å². The van der Waals surface area contributed by atoms with Gasteiger partial charge in [0.2, 0.25) is 0 Å². The van der Waals surface area contributed by atoms with E-state index < -0.39 is 0 Å². The van der Waals surface area contributed by atoms with E-state index in [-0.39, 0.29) is 9.52 Å². The molecule has 0 saturated heterocycles. The van der Waals surface area contributed by atoms with Gasteiger partial charge in [-0.1, -0.05) is 19.5 Å². The van der Waals surface area contributed by atoms with E-state index in [0.717, 1.165) is 12.5 Å². The highest BCUT2D eigenvalue weighted by atomic mass is 28.2. The van der Waals surface area contributed by atoms with Gasteiger partial charge in [-0.25, -0.2) is 0 Å². The van der Waals surface area contributed by atoms with Gasteiger partial charge in [0.05, 0.1) is 6.61 Å². The van der Waals surface area contributed by atoms with E-state index in [0.29, 0.717) is 6.79 Å². The van der Waals surface area contributed by atoms with Crippen LogP contribution in [0.25, 0.3) is 0 Å². The molecule has 0 amide bonds. The average molecular weight is 162 g/mol. The molecule has 0 N–H and O–H groups in total. The van der Waals surface area contributed by atoms with Crippen LogP contribution in [-0.4, -0.2) is 30.0 Å². The quantitative estimate of drug-likeness (QED) is 0.328. The van der Waals surface area contributed by atoms with E-state index in [1.54, 1.807) is 7.11 Å². The fraction of sp³-hybridized carbons (Fsp3) is 1.00. The zero-order valence-electron chi connectivity index (χ0n) is 7.22. The van der Waals surface area contributed by atoms with Crippen molar-refractivity contribution in [1.29, 1.82) is 0 Å². The summed E-state index contributed by atoms with van der Waals surface area (Å²) in [7, 11) is 1.86. The van der Waals surface area contributed by atoms with Crippen LogP contribution >= 0.6 is 0 Å². The highest BCUT2D eigenvalue weighted by Gasteiger charge is 1.98. The summed E-state index contributed by atoms with van der Waals surface area (Å²) in [5.41, 5.74) is 0. The van der Waals surface area contributed by atoms with Gasteiger partial charge in [0.15, 0.2) is 0 Å². The minimum Gasteiger partial charge on any atom is -0.359 e. The highest BCUT2D eigenvalue weighted by molar-refractivity contribution is 6.33. The van der Waals surface area contributed by atoms with Gasteiger partial charge in [0, 0.05) is 16.6 Å². The molecule has 0 aliphatic carbocycles. The van der Waals surface area contributed by atoms with Crippen LogP contribution in [0.1, 0.15) is 6.92 Å². The predicted octanol–water partition coefficient (Wildman–Crippen LogP) is 0.878. The molecule has 62 valence electrons. The number of rotatable bonds is 6. The Bertz CT molecular complexity index is 68.6. The van der Waals surface area contributed by atoms with Crippen molar-refractivity contribution in [3.8, 4) is 0 Å². The van der Waals surface area contributed by atoms with Crippen molar-refractivity contribution in [3.63, 3.8) is 0 Å². The van der Waals surface area contributed by atoms with Gasteiger partial charge < -0.3 is 9.47 Å². The Morgan fingerprint density at radius 2 is 2.20 bits per heavy atom. The van der Waals surface area contributed by atoms with Gasteiger partial charge in [0.1, 0.15) is 6.79 Å². The minimum atomic E-state index is 0.211. The van der Waals surface area contributed by atoms with Crippen molar-refractivity contribution in [1.82, 2.24) is 0 Å². The maximum atomic E-state index is 5.20. The van der Waals surface area contributed by atoms with Crippen LogP contribution in [0.2, 0.25) is 12.6 Å². The molecular weight excluding hydrogens is 144 g/mol. The van der Waals surface area contributed by atoms with Crippen molar-refractivity contribution in [2.75, 3.05) is 20.5 Å². The van der Waals surface area contributed by atoms with E-state index >= 15 is 0 Å². The lowest BCUT2D eigenvalue weighted by atomic mass is 10.2. The summed E-state index contributed by atoms with van der Waals surface area (Å²) in [5.74, 6) is 0.729. The second-order valence-corrected chi connectivity index (χ2v) is 4.25. The van der Waals surface area contributed by atoms with Crippen molar-refractivity contribution >= 4 is 9.52 Å². The van der Waals surface area contributed by atoms with Crippen LogP contribution in [0.5, 0.6) is 0 Å². The van der Waals surface area contributed by atoms with E-state index in [1.165, 1.54) is 6.04 Å². The molecule has 0 aromatic carbocycles. The zero-order chi connectivity index (χ0) is 7.82. The number of hydrogen-bond donors (Lipinski definition) is 0. The fourth-order valence-corrected chi connectivity index (χ4v) is 2.06. The largest absolute Gasteiger partial charge is 0.359 e. The standard InChI is InChI=1S/C7H18O2Si/c1-7(5-10-3)4-9-6-8-2/h7H,4-6,10H2,1-3H3. The molecule has 0 aromatic heterocycles. The van der Waals surface area contributed by atoms with E-state index in [9.17, 15) is 0 Å². The second kappa shape index (κ2) is 7.25. The third-order valence-electron chi connectivity index (χ3n) is 1.39. The summed E-state index contributed by atoms with van der Waals surface area (Å²) in [5, 5.41) is 0. The third kappa shape index (κ3) is 6.26. The molecule has 0 fully saturated rings. The third-order valence-corrected chi connectivity index (χ3v) is 2.95. The fourth-order valence-electron chi connectivity index (χ4n) is 0.909. The molecule has 0 spiro atoms. The molecule has 0 bridgehead atoms. The maximum absolute atomic E-state index is 5.20. The lowest BCUT2D eigenvalue weighted by Crippen LogP contribution is -2.08. The lowest BCUT2D eigenvalue weighted by Gasteiger charge is -2.08. The van der Waals surface area contributed by atoms with Gasteiger partial charge in [-0.15, -0.1) is 0 Å². The highest BCUT2D eigenvalue weighted by Crippen LogP contribution is 2.01. The molecule has 0 aliphatic heterocycles. The van der Waals surface area contributed by atoms with Crippen LogP contribution < -0.4 is 0 Å². The first-order valence-corrected chi connectivity index (χ1v) is 6.29. The summed E-state index contributed by atoms with van der Waals surface area (Å²) in [6, 6.07) is 1.38. The molecule has 0 aliphatic rings. The molecule has 0 heterocycles. The Kier molecular flexibility index (Phi) is 7.35. The summed E-state index contributed by atoms with van der Waals surface area (Å²) in [4.78, 5) is 0. The van der Waals surface area contributed by atoms with E-state index in [1.807, 2.05) is 0 Å². The van der Waals surface area contributed by atoms with Crippen LogP contribution in [0, 0.1) is 5.92 Å². The predicted molar refractivity (Wildman–Crippen MR) is 46.2 cm³/mol. The van der Waals surface area contributed by atoms with Crippen LogP contribution in [0.4, 0.5) is 0 Å². The van der Waals surface area contributed by atoms with Crippen LogP contribution in [0.3, 0.4) is 0 Å². The number of hydrogen-bond acceptors (Lipinski definition) is 2. The molecule has 0 rings (SSSR count). The molecule has 10 heavy (non-hydrogen) atoms. The SMILES string of the molecule is COCOCC(C)C[SiH2]C. The normalized spacial score (nSPS) is 14.7. The maximum Gasteiger partial charge on any atom is 0.146 e. The van der Waals surface area contributed by atoms with Crippen molar-refractivity contribution in [2.45, 2.75) is 19.5 Å². The molecule has 1 atom stereocenters. The Hall–Kier alpha value is 0.137. The first-order chi connectivity index (χ1) is 4.81. The van der Waals surface area contributed by atoms with Crippen molar-refractivity contribution < 1.29 is 9.47 Å². The van der Waals surface area contributed by atoms with Crippen molar-refractivity contribution in [2.24, 2.45) is 5.92 Å². The average Bonchev–Trinajstić information content (AvgIpc) is 1.89. The van der Waals surface area contributed by atoms with Gasteiger partial charge in [-0.2, -0.15) is 0 Å². The van der Waals surface area contributed by atoms with Crippen LogP contribution in [0.15, 0.2) is 0 Å². The molecule has 0 aromatic rings. The van der Waals surface area contributed by atoms with E-state index in [2.05, 4.69) is 13.5 Å². The van der Waals surface area contributed by atoms with Gasteiger partial charge in [-0.3, -0.25) is 0 Å². The first-order valence-electron chi connectivity index (χ1n) is 3.88. The lowest BCUT2D eigenvalue weighted by molar-refractivity contribution is -0.0396. The number of methoxy groups -OCH3 is 1. The summed E-state index contributed by atoms with van der Waals surface area (Å²) < 4.78 is 9.96. The molecule has 0 saturated carbocycles. The Morgan fingerprint density at radius 1 is 1.50 bits per heavy atom. The Morgan fingerprint density at radius 3 is 2.70 bits per heavy atom. The number of ether oxygens (including phenoxy) is 2. The summed E-state index contributed by atoms with van der Waals surface area (Å²) in [6.45, 7) is 5.85. The van der Waals surface area contributed by atoms with Crippen molar-refractivity contribution in [3.05, 3.63) is 0 Å². The second-order valence-electron chi connectivity index (χ2n) is 2.67. The van der Waals surface area contributed by atoms with Gasteiger partial charge in [0.25, 0.3) is 0 Å². The Labute approximate surface area is 65.7 Å². The van der Waals surface area contributed by atoms with Crippen LogP contribution in [-0.2, 0) is 9.47 Å². The Balaban J connectivity index is 2.97. The molecular formula is C7H18O2Si.